The number of carbonyl (C=O) groups is 2. The normalized spacial score (nSPS) is 12.5. The van der Waals surface area contributed by atoms with Crippen LogP contribution >= 0.6 is 11.8 Å². The van der Waals surface area contributed by atoms with Crippen LogP contribution in [0.1, 0.15) is 38.3 Å². The van der Waals surface area contributed by atoms with E-state index in [1.54, 1.807) is 48.5 Å². The predicted octanol–water partition coefficient (Wildman–Crippen LogP) is 6.56. The van der Waals surface area contributed by atoms with Crippen LogP contribution in [0.4, 0.5) is 5.69 Å². The lowest BCUT2D eigenvalue weighted by Gasteiger charge is -2.34. The van der Waals surface area contributed by atoms with E-state index < -0.39 is 28.5 Å². The van der Waals surface area contributed by atoms with Gasteiger partial charge in [-0.1, -0.05) is 79.7 Å². The number of para-hydroxylation sites is 2. The van der Waals surface area contributed by atoms with Gasteiger partial charge >= 0.3 is 0 Å². The summed E-state index contributed by atoms with van der Waals surface area (Å²) in [5.41, 5.74) is 1.93. The van der Waals surface area contributed by atoms with Crippen LogP contribution in [0.25, 0.3) is 0 Å². The van der Waals surface area contributed by atoms with E-state index in [0.717, 1.165) is 20.3 Å². The largest absolute Gasteiger partial charge is 0.492 e. The molecule has 47 heavy (non-hydrogen) atoms. The highest BCUT2D eigenvalue weighted by Gasteiger charge is 2.35. The number of nitrogens with one attached hydrogen (secondary N) is 1. The fourth-order valence-electron chi connectivity index (χ4n) is 5.10. The zero-order valence-electron chi connectivity index (χ0n) is 27.3. The summed E-state index contributed by atoms with van der Waals surface area (Å²) in [5, 5.41) is 3.06. The topological polar surface area (TPSA) is 96.0 Å². The average Bonchev–Trinajstić information content (AvgIpc) is 3.09. The Labute approximate surface area is 283 Å². The first-order valence-electron chi connectivity index (χ1n) is 15.7. The Morgan fingerprint density at radius 3 is 2.02 bits per heavy atom. The van der Waals surface area contributed by atoms with Gasteiger partial charge in [-0.15, -0.1) is 11.8 Å². The molecule has 10 heteroatoms. The fraction of sp³-hybridized carbons (Fsp3) is 0.297. The number of rotatable bonds is 16. The molecule has 0 saturated carbocycles. The Balaban J connectivity index is 1.83. The Hall–Kier alpha value is -4.28. The predicted molar refractivity (Wildman–Crippen MR) is 189 cm³/mol. The van der Waals surface area contributed by atoms with Gasteiger partial charge in [0.15, 0.2) is 0 Å². The lowest BCUT2D eigenvalue weighted by molar-refractivity contribution is -0.140. The zero-order valence-corrected chi connectivity index (χ0v) is 29.0. The number of anilines is 1. The van der Waals surface area contributed by atoms with E-state index in [9.17, 15) is 18.0 Å². The third kappa shape index (κ3) is 9.39. The molecule has 0 heterocycles. The first kappa shape index (κ1) is 35.6. The van der Waals surface area contributed by atoms with E-state index in [-0.39, 0.29) is 35.5 Å². The van der Waals surface area contributed by atoms with Crippen molar-refractivity contribution in [2.24, 2.45) is 0 Å². The van der Waals surface area contributed by atoms with Gasteiger partial charge in [-0.2, -0.15) is 0 Å². The van der Waals surface area contributed by atoms with Gasteiger partial charge in [0, 0.05) is 23.9 Å². The SMILES string of the molecule is CCOc1ccccc1N(CC(=O)N(Cc1ccccc1)[C@@H](Cc1ccccc1)C(=O)N[C@@H](C)CC)S(=O)(=O)c1ccc(SC)cc1. The van der Waals surface area contributed by atoms with Gasteiger partial charge in [0.2, 0.25) is 11.8 Å². The minimum Gasteiger partial charge on any atom is -0.492 e. The van der Waals surface area contributed by atoms with Crippen LogP contribution in [-0.4, -0.2) is 56.6 Å². The molecule has 0 aliphatic rings. The number of ether oxygens (including phenoxy) is 1. The fourth-order valence-corrected chi connectivity index (χ4v) is 6.94. The van der Waals surface area contributed by atoms with Crippen LogP contribution < -0.4 is 14.4 Å². The minimum absolute atomic E-state index is 0.0411. The van der Waals surface area contributed by atoms with Gasteiger partial charge in [0.1, 0.15) is 18.3 Å². The van der Waals surface area contributed by atoms with Crippen LogP contribution in [-0.2, 0) is 32.6 Å². The molecule has 4 rings (SSSR count). The zero-order chi connectivity index (χ0) is 33.8. The lowest BCUT2D eigenvalue weighted by Crippen LogP contribution is -2.54. The summed E-state index contributed by atoms with van der Waals surface area (Å²) in [6.45, 7) is 5.57. The Morgan fingerprint density at radius 2 is 1.43 bits per heavy atom. The Morgan fingerprint density at radius 1 is 0.830 bits per heavy atom. The summed E-state index contributed by atoms with van der Waals surface area (Å²) in [6.07, 6.45) is 2.88. The second-order valence-corrected chi connectivity index (χ2v) is 13.9. The molecule has 0 saturated heterocycles. The second-order valence-electron chi connectivity index (χ2n) is 11.1. The van der Waals surface area contributed by atoms with Gasteiger partial charge in [0.25, 0.3) is 10.0 Å². The van der Waals surface area contributed by atoms with E-state index in [1.165, 1.54) is 16.7 Å². The molecule has 2 atom stereocenters. The molecule has 4 aromatic carbocycles. The number of hydrogen-bond donors (Lipinski definition) is 1. The molecule has 4 aromatic rings. The molecule has 0 spiro atoms. The van der Waals surface area contributed by atoms with Gasteiger partial charge < -0.3 is 15.0 Å². The van der Waals surface area contributed by atoms with Crippen LogP contribution in [0.2, 0.25) is 0 Å². The maximum atomic E-state index is 14.7. The standard InChI is InChI=1S/C37H43N3O5S2/c1-5-28(3)38-37(42)34(25-29-15-9-7-10-16-29)39(26-30-17-11-8-12-18-30)36(41)27-40(33-19-13-14-20-35(33)45-6-2)47(43,44)32-23-21-31(46-4)22-24-32/h7-24,28,34H,5-6,25-27H2,1-4H3,(H,38,42)/t28-,34-/m0/s1. The molecular formula is C37H43N3O5S2. The van der Waals surface area contributed by atoms with Gasteiger partial charge in [-0.25, -0.2) is 8.42 Å². The van der Waals surface area contributed by atoms with E-state index >= 15 is 0 Å². The molecule has 0 aliphatic heterocycles. The third-order valence-corrected chi connectivity index (χ3v) is 10.3. The van der Waals surface area contributed by atoms with Crippen LogP contribution in [0.5, 0.6) is 5.75 Å². The molecule has 0 fully saturated rings. The summed E-state index contributed by atoms with van der Waals surface area (Å²) in [5.74, 6) is -0.494. The van der Waals surface area contributed by atoms with Crippen molar-refractivity contribution in [1.29, 1.82) is 0 Å². The Kier molecular flexibility index (Phi) is 12.9. The van der Waals surface area contributed by atoms with Crippen molar-refractivity contribution in [3.05, 3.63) is 120 Å². The summed E-state index contributed by atoms with van der Waals surface area (Å²) < 4.78 is 35.7. The van der Waals surface area contributed by atoms with Crippen LogP contribution in [0, 0.1) is 0 Å². The number of carbonyl (C=O) groups excluding carboxylic acids is 2. The summed E-state index contributed by atoms with van der Waals surface area (Å²) in [6, 6.07) is 31.2. The lowest BCUT2D eigenvalue weighted by atomic mass is 10.0. The highest BCUT2D eigenvalue weighted by Crippen LogP contribution is 2.33. The first-order valence-corrected chi connectivity index (χ1v) is 18.4. The molecule has 0 aliphatic carbocycles. The van der Waals surface area contributed by atoms with Crippen molar-refractivity contribution in [2.75, 3.05) is 23.7 Å². The van der Waals surface area contributed by atoms with Crippen molar-refractivity contribution in [2.45, 2.75) is 62.0 Å². The number of amides is 2. The average molecular weight is 674 g/mol. The van der Waals surface area contributed by atoms with Crippen molar-refractivity contribution in [3.8, 4) is 5.75 Å². The maximum absolute atomic E-state index is 14.7. The third-order valence-electron chi connectivity index (χ3n) is 7.83. The van der Waals surface area contributed by atoms with Crippen molar-refractivity contribution in [3.63, 3.8) is 0 Å². The first-order chi connectivity index (χ1) is 22.7. The number of nitrogens with zero attached hydrogens (tertiary/aromatic N) is 2. The molecular weight excluding hydrogens is 631 g/mol. The molecule has 0 unspecified atom stereocenters. The molecule has 0 aromatic heterocycles. The number of hydrogen-bond acceptors (Lipinski definition) is 6. The molecule has 0 radical (unpaired) electrons. The van der Waals surface area contributed by atoms with Gasteiger partial charge in [-0.3, -0.25) is 13.9 Å². The summed E-state index contributed by atoms with van der Waals surface area (Å²) >= 11 is 1.50. The smallest absolute Gasteiger partial charge is 0.264 e. The van der Waals surface area contributed by atoms with Crippen molar-refractivity contribution >= 4 is 39.3 Å². The Bertz CT molecular complexity index is 1700. The van der Waals surface area contributed by atoms with E-state index in [1.807, 2.05) is 87.7 Å². The van der Waals surface area contributed by atoms with E-state index in [4.69, 9.17) is 4.74 Å². The van der Waals surface area contributed by atoms with E-state index in [2.05, 4.69) is 5.32 Å². The number of sulfonamides is 1. The number of benzene rings is 4. The summed E-state index contributed by atoms with van der Waals surface area (Å²) in [4.78, 5) is 31.1. The van der Waals surface area contributed by atoms with Crippen molar-refractivity contribution in [1.82, 2.24) is 10.2 Å². The number of thioether (sulfide) groups is 1. The maximum Gasteiger partial charge on any atom is 0.264 e. The molecule has 2 amide bonds. The van der Waals surface area contributed by atoms with Gasteiger partial charge in [0.05, 0.1) is 17.2 Å². The molecule has 8 nitrogen and oxygen atoms in total. The monoisotopic (exact) mass is 673 g/mol. The highest BCUT2D eigenvalue weighted by molar-refractivity contribution is 7.98. The molecule has 248 valence electrons. The van der Waals surface area contributed by atoms with E-state index in [0.29, 0.717) is 18.8 Å². The summed E-state index contributed by atoms with van der Waals surface area (Å²) in [7, 11) is -4.25. The molecule has 1 N–H and O–H groups in total. The van der Waals surface area contributed by atoms with Crippen molar-refractivity contribution < 1.29 is 22.7 Å². The van der Waals surface area contributed by atoms with Crippen LogP contribution in [0.3, 0.4) is 0 Å². The highest BCUT2D eigenvalue weighted by atomic mass is 32.2. The minimum atomic E-state index is -4.25. The quantitative estimate of drug-likeness (QED) is 0.136. The molecule has 0 bridgehead atoms. The van der Waals surface area contributed by atoms with Crippen LogP contribution in [0.15, 0.2) is 119 Å². The van der Waals surface area contributed by atoms with Gasteiger partial charge in [-0.05, 0) is 74.0 Å². The second kappa shape index (κ2) is 17.0.